The van der Waals surface area contributed by atoms with Crippen LogP contribution in [0.2, 0.25) is 0 Å². The molecule has 0 aromatic carbocycles. The molecule has 0 spiro atoms. The molecule has 2 N–H and O–H groups in total. The zero-order valence-corrected chi connectivity index (χ0v) is 17.9. The highest BCUT2D eigenvalue weighted by Gasteiger charge is 2.51. The zero-order chi connectivity index (χ0) is 19.5. The molecular formula is C23H31N3OS. The number of aryl methyl sites for hydroxylation is 1. The van der Waals surface area contributed by atoms with E-state index in [0.29, 0.717) is 0 Å². The summed E-state index contributed by atoms with van der Waals surface area (Å²) in [5, 5.41) is 7.93. The van der Waals surface area contributed by atoms with Gasteiger partial charge in [0, 0.05) is 28.4 Å². The molecule has 0 unspecified atom stereocenters. The van der Waals surface area contributed by atoms with Crippen LogP contribution in [0.4, 0.5) is 4.79 Å². The van der Waals surface area contributed by atoms with E-state index in [1.165, 1.54) is 59.5 Å². The molecule has 6 rings (SSSR count). The van der Waals surface area contributed by atoms with Gasteiger partial charge in [-0.2, -0.15) is 0 Å². The number of hydrogen-bond acceptors (Lipinski definition) is 2. The Labute approximate surface area is 171 Å². The highest BCUT2D eigenvalue weighted by atomic mass is 32.1. The number of carbonyl (C=O) groups is 1. The van der Waals surface area contributed by atoms with Crippen LogP contribution in [0.5, 0.6) is 0 Å². The van der Waals surface area contributed by atoms with Crippen LogP contribution in [0.15, 0.2) is 24.5 Å². The molecule has 2 heterocycles. The van der Waals surface area contributed by atoms with Crippen molar-refractivity contribution in [3.05, 3.63) is 40.5 Å². The SMILES string of the molecule is Cc1sc(-n2cccc2)c([C@@H](C)NC(=O)NC23CC4CC(CC(C4)C2)C3)c1C. The lowest BCUT2D eigenvalue weighted by molar-refractivity contribution is -0.0136. The van der Waals surface area contributed by atoms with Crippen molar-refractivity contribution in [3.63, 3.8) is 0 Å². The van der Waals surface area contributed by atoms with E-state index in [2.05, 4.69) is 48.4 Å². The van der Waals surface area contributed by atoms with E-state index in [-0.39, 0.29) is 17.6 Å². The summed E-state index contributed by atoms with van der Waals surface area (Å²) in [4.78, 5) is 14.3. The third-order valence-corrected chi connectivity index (χ3v) is 8.69. The molecule has 1 atom stereocenters. The van der Waals surface area contributed by atoms with Crippen LogP contribution in [0.3, 0.4) is 0 Å². The molecular weight excluding hydrogens is 366 g/mol. The first kappa shape index (κ1) is 18.3. The first-order valence-electron chi connectivity index (χ1n) is 10.7. The molecule has 4 bridgehead atoms. The van der Waals surface area contributed by atoms with E-state index in [4.69, 9.17) is 0 Å². The molecule has 4 aliphatic carbocycles. The standard InChI is InChI=1S/C23H31N3OS/c1-14-16(3)28-21(26-6-4-5-7-26)20(14)15(2)24-22(27)25-23-11-17-8-18(12-23)10-19(9-17)13-23/h4-7,15,17-19H,8-13H2,1-3H3,(H2,24,25,27)/t15-,17?,18?,19?,23?/m1/s1. The minimum absolute atomic E-state index is 0.0103. The fraction of sp³-hybridized carbons (Fsp3) is 0.609. The van der Waals surface area contributed by atoms with Crippen LogP contribution in [-0.4, -0.2) is 16.1 Å². The maximum Gasteiger partial charge on any atom is 0.315 e. The summed E-state index contributed by atoms with van der Waals surface area (Å²) in [7, 11) is 0. The van der Waals surface area contributed by atoms with Crippen LogP contribution in [0, 0.1) is 31.6 Å². The average molecular weight is 398 g/mol. The number of urea groups is 1. The van der Waals surface area contributed by atoms with Crippen LogP contribution < -0.4 is 10.6 Å². The van der Waals surface area contributed by atoms with Gasteiger partial charge >= 0.3 is 6.03 Å². The van der Waals surface area contributed by atoms with Crippen molar-refractivity contribution in [3.8, 4) is 5.00 Å². The predicted octanol–water partition coefficient (Wildman–Crippen LogP) is 5.48. The maximum atomic E-state index is 13.0. The van der Waals surface area contributed by atoms with Gasteiger partial charge in [-0.1, -0.05) is 0 Å². The Morgan fingerprint density at radius 3 is 2.25 bits per heavy atom. The lowest BCUT2D eigenvalue weighted by Crippen LogP contribution is -2.61. The Hall–Kier alpha value is -1.75. The summed E-state index contributed by atoms with van der Waals surface area (Å²) in [5.41, 5.74) is 2.58. The molecule has 4 fully saturated rings. The minimum Gasteiger partial charge on any atom is -0.333 e. The van der Waals surface area contributed by atoms with Gasteiger partial charge in [0.2, 0.25) is 0 Å². The molecule has 2 aromatic rings. The van der Waals surface area contributed by atoms with Gasteiger partial charge in [-0.25, -0.2) is 4.79 Å². The topological polar surface area (TPSA) is 46.1 Å². The molecule has 150 valence electrons. The number of aromatic nitrogens is 1. The van der Waals surface area contributed by atoms with Gasteiger partial charge in [0.05, 0.1) is 6.04 Å². The van der Waals surface area contributed by atoms with E-state index in [0.717, 1.165) is 17.8 Å². The van der Waals surface area contributed by atoms with Gasteiger partial charge in [0.25, 0.3) is 0 Å². The van der Waals surface area contributed by atoms with Gasteiger partial charge in [0.1, 0.15) is 5.00 Å². The fourth-order valence-corrected chi connectivity index (χ4v) is 7.83. The molecule has 0 aliphatic heterocycles. The Balaban J connectivity index is 1.33. The highest BCUT2D eigenvalue weighted by Crippen LogP contribution is 2.55. The van der Waals surface area contributed by atoms with Crippen LogP contribution >= 0.6 is 11.3 Å². The number of nitrogens with zero attached hydrogens (tertiary/aromatic N) is 1. The number of nitrogens with one attached hydrogen (secondary N) is 2. The largest absolute Gasteiger partial charge is 0.333 e. The average Bonchev–Trinajstić information content (AvgIpc) is 3.21. The molecule has 5 heteroatoms. The van der Waals surface area contributed by atoms with Gasteiger partial charge in [-0.05, 0) is 94.7 Å². The lowest BCUT2D eigenvalue weighted by atomic mass is 9.53. The summed E-state index contributed by atoms with van der Waals surface area (Å²) in [6.45, 7) is 6.45. The van der Waals surface area contributed by atoms with Crippen molar-refractivity contribution in [1.82, 2.24) is 15.2 Å². The van der Waals surface area contributed by atoms with Crippen molar-refractivity contribution in [2.24, 2.45) is 17.8 Å². The van der Waals surface area contributed by atoms with Gasteiger partial charge in [0.15, 0.2) is 0 Å². The zero-order valence-electron chi connectivity index (χ0n) is 17.1. The summed E-state index contributed by atoms with van der Waals surface area (Å²) < 4.78 is 2.16. The molecule has 2 aromatic heterocycles. The Kier molecular flexibility index (Phi) is 4.34. The molecule has 4 nitrogen and oxygen atoms in total. The van der Waals surface area contributed by atoms with E-state index >= 15 is 0 Å². The van der Waals surface area contributed by atoms with E-state index in [1.807, 2.05) is 12.1 Å². The molecule has 0 saturated heterocycles. The molecule has 4 saturated carbocycles. The highest BCUT2D eigenvalue weighted by molar-refractivity contribution is 7.14. The van der Waals surface area contributed by atoms with Gasteiger partial charge in [-0.3, -0.25) is 0 Å². The number of amides is 2. The Bertz CT molecular complexity index is 847. The second-order valence-corrected chi connectivity index (χ2v) is 10.8. The first-order chi connectivity index (χ1) is 13.4. The smallest absolute Gasteiger partial charge is 0.315 e. The van der Waals surface area contributed by atoms with Crippen molar-refractivity contribution >= 4 is 17.4 Å². The van der Waals surface area contributed by atoms with E-state index in [1.54, 1.807) is 11.3 Å². The molecule has 2 amide bonds. The van der Waals surface area contributed by atoms with E-state index in [9.17, 15) is 4.79 Å². The third-order valence-electron chi connectivity index (χ3n) is 7.45. The number of carbonyl (C=O) groups excluding carboxylic acids is 1. The van der Waals surface area contributed by atoms with Crippen molar-refractivity contribution in [1.29, 1.82) is 0 Å². The van der Waals surface area contributed by atoms with Crippen LogP contribution in [-0.2, 0) is 0 Å². The normalized spacial score (nSPS) is 31.8. The van der Waals surface area contributed by atoms with Crippen LogP contribution in [0.1, 0.15) is 67.5 Å². The summed E-state index contributed by atoms with van der Waals surface area (Å²) in [5.74, 6) is 2.52. The molecule has 0 radical (unpaired) electrons. The molecule has 4 aliphatic rings. The lowest BCUT2D eigenvalue weighted by Gasteiger charge is -2.56. The Morgan fingerprint density at radius 1 is 1.11 bits per heavy atom. The van der Waals surface area contributed by atoms with Gasteiger partial charge < -0.3 is 15.2 Å². The summed E-state index contributed by atoms with van der Waals surface area (Å²) in [6, 6.07) is 4.09. The minimum atomic E-state index is -0.0173. The predicted molar refractivity (Wildman–Crippen MR) is 114 cm³/mol. The number of hydrogen-bond donors (Lipinski definition) is 2. The maximum absolute atomic E-state index is 13.0. The van der Waals surface area contributed by atoms with Crippen molar-refractivity contribution in [2.75, 3.05) is 0 Å². The number of thiophene rings is 1. The number of rotatable bonds is 4. The monoisotopic (exact) mass is 397 g/mol. The summed E-state index contributed by atoms with van der Waals surface area (Å²) in [6.07, 6.45) is 11.9. The molecule has 28 heavy (non-hydrogen) atoms. The van der Waals surface area contributed by atoms with Crippen LogP contribution in [0.25, 0.3) is 5.00 Å². The van der Waals surface area contributed by atoms with Crippen molar-refractivity contribution in [2.45, 2.75) is 70.9 Å². The second kappa shape index (κ2) is 6.65. The third kappa shape index (κ3) is 3.08. The van der Waals surface area contributed by atoms with Crippen molar-refractivity contribution < 1.29 is 4.79 Å². The summed E-state index contributed by atoms with van der Waals surface area (Å²) >= 11 is 1.80. The Morgan fingerprint density at radius 2 is 1.68 bits per heavy atom. The van der Waals surface area contributed by atoms with Gasteiger partial charge in [-0.15, -0.1) is 11.3 Å². The second-order valence-electron chi connectivity index (χ2n) is 9.61. The fourth-order valence-electron chi connectivity index (χ4n) is 6.61. The first-order valence-corrected chi connectivity index (χ1v) is 11.6. The quantitative estimate of drug-likeness (QED) is 0.704. The van der Waals surface area contributed by atoms with E-state index < -0.39 is 0 Å².